The third kappa shape index (κ3) is 2.16. The average molecular weight is 250 g/mol. The predicted octanol–water partition coefficient (Wildman–Crippen LogP) is 0.0677. The number of pyridine rings is 1. The maximum atomic E-state index is 9.11. The second-order valence-corrected chi connectivity index (χ2v) is 4.17. The molecule has 2 N–H and O–H groups in total. The van der Waals surface area contributed by atoms with Crippen molar-refractivity contribution in [2.45, 2.75) is 6.92 Å². The average Bonchev–Trinajstić information content (AvgIpc) is 2.65. The molecule has 0 amide bonds. The molecular weight excluding hydrogens is 232 g/mol. The van der Waals surface area contributed by atoms with Crippen molar-refractivity contribution in [2.24, 2.45) is 7.05 Å². The van der Waals surface area contributed by atoms with Crippen molar-refractivity contribution in [3.63, 3.8) is 0 Å². The highest BCUT2D eigenvalue weighted by molar-refractivity contribution is 5.91. The lowest BCUT2D eigenvalue weighted by Crippen LogP contribution is -2.29. The van der Waals surface area contributed by atoms with Crippen LogP contribution in [0, 0.1) is 6.92 Å². The smallest absolute Gasteiger partial charge is 0.159 e. The standard InChI is InChI=1S/C12H18N4O2/c1-9-11-10(16(5-7-17)6-8-18)3-4-13-12(11)15(2)14-9/h3-4,17-18H,5-8H2,1-2H3. The monoisotopic (exact) mass is 250 g/mol. The Balaban J connectivity index is 2.54. The number of aliphatic hydroxyl groups excluding tert-OH is 2. The molecule has 2 aromatic rings. The molecule has 0 saturated carbocycles. The molecule has 0 aliphatic rings. The van der Waals surface area contributed by atoms with Crippen molar-refractivity contribution in [3.8, 4) is 0 Å². The van der Waals surface area contributed by atoms with Crippen LogP contribution in [0.5, 0.6) is 0 Å². The fourth-order valence-corrected chi connectivity index (χ4v) is 2.21. The van der Waals surface area contributed by atoms with E-state index in [1.807, 2.05) is 24.9 Å². The third-order valence-electron chi connectivity index (χ3n) is 2.96. The van der Waals surface area contributed by atoms with E-state index >= 15 is 0 Å². The zero-order valence-electron chi connectivity index (χ0n) is 10.7. The maximum absolute atomic E-state index is 9.11. The lowest BCUT2D eigenvalue weighted by Gasteiger charge is -2.23. The van der Waals surface area contributed by atoms with E-state index in [1.165, 1.54) is 0 Å². The molecule has 2 rings (SSSR count). The highest BCUT2D eigenvalue weighted by atomic mass is 16.3. The molecule has 2 heterocycles. The van der Waals surface area contributed by atoms with Gasteiger partial charge in [-0.15, -0.1) is 0 Å². The molecule has 18 heavy (non-hydrogen) atoms. The summed E-state index contributed by atoms with van der Waals surface area (Å²) in [6.45, 7) is 2.98. The summed E-state index contributed by atoms with van der Waals surface area (Å²) in [5.41, 5.74) is 2.66. The quantitative estimate of drug-likeness (QED) is 0.785. The highest BCUT2D eigenvalue weighted by Gasteiger charge is 2.15. The van der Waals surface area contributed by atoms with Crippen molar-refractivity contribution in [1.29, 1.82) is 0 Å². The number of fused-ring (bicyclic) bond motifs is 1. The molecule has 98 valence electrons. The predicted molar refractivity (Wildman–Crippen MR) is 69.6 cm³/mol. The van der Waals surface area contributed by atoms with Gasteiger partial charge >= 0.3 is 0 Å². The minimum atomic E-state index is 0.0448. The number of aromatic nitrogens is 3. The molecule has 6 nitrogen and oxygen atoms in total. The van der Waals surface area contributed by atoms with E-state index in [1.54, 1.807) is 10.9 Å². The molecule has 0 unspecified atom stereocenters. The van der Waals surface area contributed by atoms with Gasteiger partial charge in [0.25, 0.3) is 0 Å². The molecule has 2 aromatic heterocycles. The Morgan fingerprint density at radius 2 is 1.94 bits per heavy atom. The largest absolute Gasteiger partial charge is 0.395 e. The molecule has 0 fully saturated rings. The van der Waals surface area contributed by atoms with E-state index in [0.717, 1.165) is 22.4 Å². The van der Waals surface area contributed by atoms with Crippen molar-refractivity contribution >= 4 is 16.7 Å². The second kappa shape index (κ2) is 5.32. The summed E-state index contributed by atoms with van der Waals surface area (Å²) < 4.78 is 1.74. The Kier molecular flexibility index (Phi) is 3.78. The van der Waals surface area contributed by atoms with E-state index in [4.69, 9.17) is 10.2 Å². The van der Waals surface area contributed by atoms with Gasteiger partial charge < -0.3 is 15.1 Å². The molecule has 0 aromatic carbocycles. The van der Waals surface area contributed by atoms with Crippen LogP contribution in [0.4, 0.5) is 5.69 Å². The number of aliphatic hydroxyl groups is 2. The van der Waals surface area contributed by atoms with Crippen LogP contribution in [-0.4, -0.2) is 51.3 Å². The Morgan fingerprint density at radius 3 is 2.56 bits per heavy atom. The van der Waals surface area contributed by atoms with Gasteiger partial charge in [-0.2, -0.15) is 5.10 Å². The molecule has 0 aliphatic carbocycles. The molecule has 6 heteroatoms. The SMILES string of the molecule is Cc1nn(C)c2nccc(N(CCO)CCO)c12. The number of hydrogen-bond acceptors (Lipinski definition) is 5. The van der Waals surface area contributed by atoms with E-state index in [2.05, 4.69) is 10.1 Å². The van der Waals surface area contributed by atoms with Crippen LogP contribution in [0.1, 0.15) is 5.69 Å². The highest BCUT2D eigenvalue weighted by Crippen LogP contribution is 2.27. The summed E-state index contributed by atoms with van der Waals surface area (Å²) in [4.78, 5) is 6.26. The van der Waals surface area contributed by atoms with Crippen molar-refractivity contribution in [2.75, 3.05) is 31.2 Å². The molecule has 0 aliphatic heterocycles. The second-order valence-electron chi connectivity index (χ2n) is 4.17. The van der Waals surface area contributed by atoms with Gasteiger partial charge in [0.15, 0.2) is 5.65 Å². The first kappa shape index (κ1) is 12.8. The van der Waals surface area contributed by atoms with Crippen LogP contribution in [0.25, 0.3) is 11.0 Å². The maximum Gasteiger partial charge on any atom is 0.159 e. The van der Waals surface area contributed by atoms with Gasteiger partial charge in [0.2, 0.25) is 0 Å². The zero-order valence-corrected chi connectivity index (χ0v) is 10.7. The van der Waals surface area contributed by atoms with Gasteiger partial charge in [-0.25, -0.2) is 4.98 Å². The van der Waals surface area contributed by atoms with E-state index in [9.17, 15) is 0 Å². The Bertz CT molecular complexity index is 532. The van der Waals surface area contributed by atoms with Crippen molar-refractivity contribution in [1.82, 2.24) is 14.8 Å². The minimum absolute atomic E-state index is 0.0448. The molecule has 0 radical (unpaired) electrons. The Hall–Kier alpha value is -1.66. The molecule has 0 saturated heterocycles. The summed E-state index contributed by atoms with van der Waals surface area (Å²) in [5, 5.41) is 23.6. The molecular formula is C12H18N4O2. The summed E-state index contributed by atoms with van der Waals surface area (Å²) in [7, 11) is 1.86. The zero-order chi connectivity index (χ0) is 13.1. The van der Waals surface area contributed by atoms with Gasteiger partial charge in [-0.1, -0.05) is 0 Å². The Morgan fingerprint density at radius 1 is 1.28 bits per heavy atom. The number of aryl methyl sites for hydroxylation is 2. The Labute approximate surface area is 105 Å². The van der Waals surface area contributed by atoms with E-state index in [0.29, 0.717) is 13.1 Å². The van der Waals surface area contributed by atoms with Crippen LogP contribution >= 0.6 is 0 Å². The van der Waals surface area contributed by atoms with Gasteiger partial charge in [0.05, 0.1) is 30.0 Å². The number of hydrogen-bond donors (Lipinski definition) is 2. The van der Waals surface area contributed by atoms with E-state index in [-0.39, 0.29) is 13.2 Å². The van der Waals surface area contributed by atoms with Crippen LogP contribution < -0.4 is 4.90 Å². The number of nitrogens with zero attached hydrogens (tertiary/aromatic N) is 4. The third-order valence-corrected chi connectivity index (χ3v) is 2.96. The first-order chi connectivity index (χ1) is 8.69. The van der Waals surface area contributed by atoms with Gasteiger partial charge in [0.1, 0.15) is 0 Å². The van der Waals surface area contributed by atoms with Crippen molar-refractivity contribution in [3.05, 3.63) is 18.0 Å². The van der Waals surface area contributed by atoms with E-state index < -0.39 is 0 Å². The van der Waals surface area contributed by atoms with Crippen LogP contribution in [-0.2, 0) is 7.05 Å². The lowest BCUT2D eigenvalue weighted by atomic mass is 10.2. The normalized spacial score (nSPS) is 11.1. The fraction of sp³-hybridized carbons (Fsp3) is 0.500. The van der Waals surface area contributed by atoms with Gasteiger partial charge in [-0.3, -0.25) is 4.68 Å². The number of anilines is 1. The molecule has 0 bridgehead atoms. The van der Waals surface area contributed by atoms with Gasteiger partial charge in [0, 0.05) is 26.3 Å². The topological polar surface area (TPSA) is 74.4 Å². The first-order valence-electron chi connectivity index (χ1n) is 5.94. The number of rotatable bonds is 5. The lowest BCUT2D eigenvalue weighted by molar-refractivity contribution is 0.281. The van der Waals surface area contributed by atoms with Crippen LogP contribution in [0.3, 0.4) is 0 Å². The molecule has 0 spiro atoms. The first-order valence-corrected chi connectivity index (χ1v) is 5.94. The molecule has 0 atom stereocenters. The fourth-order valence-electron chi connectivity index (χ4n) is 2.21. The van der Waals surface area contributed by atoms with Crippen LogP contribution in [0.15, 0.2) is 12.3 Å². The minimum Gasteiger partial charge on any atom is -0.395 e. The van der Waals surface area contributed by atoms with Gasteiger partial charge in [-0.05, 0) is 13.0 Å². The van der Waals surface area contributed by atoms with Crippen molar-refractivity contribution < 1.29 is 10.2 Å². The van der Waals surface area contributed by atoms with Crippen LogP contribution in [0.2, 0.25) is 0 Å². The summed E-state index contributed by atoms with van der Waals surface area (Å²) in [5.74, 6) is 0. The summed E-state index contributed by atoms with van der Waals surface area (Å²) >= 11 is 0. The summed E-state index contributed by atoms with van der Waals surface area (Å²) in [6, 6.07) is 1.89. The summed E-state index contributed by atoms with van der Waals surface area (Å²) in [6.07, 6.45) is 1.72.